The summed E-state index contributed by atoms with van der Waals surface area (Å²) in [5.41, 5.74) is 1.13. The Morgan fingerprint density at radius 1 is 1.10 bits per heavy atom. The second-order valence-electron chi connectivity index (χ2n) is 5.69. The molecule has 0 aromatic heterocycles. The SMILES string of the molecule is CC(C)CCN(CCC(=O)O)C(=O)CCc1ccccc1. The van der Waals surface area contributed by atoms with Crippen LogP contribution in [-0.4, -0.2) is 35.0 Å². The Hall–Kier alpha value is -1.84. The fourth-order valence-electron chi connectivity index (χ4n) is 2.06. The van der Waals surface area contributed by atoms with E-state index in [0.29, 0.717) is 31.8 Å². The van der Waals surface area contributed by atoms with E-state index in [1.54, 1.807) is 4.90 Å². The van der Waals surface area contributed by atoms with Gasteiger partial charge in [0.2, 0.25) is 5.91 Å². The average molecular weight is 291 g/mol. The van der Waals surface area contributed by atoms with Crippen LogP contribution in [0.4, 0.5) is 0 Å². The van der Waals surface area contributed by atoms with Gasteiger partial charge >= 0.3 is 5.97 Å². The van der Waals surface area contributed by atoms with Gasteiger partial charge in [-0.05, 0) is 24.3 Å². The summed E-state index contributed by atoms with van der Waals surface area (Å²) in [6.07, 6.45) is 2.04. The van der Waals surface area contributed by atoms with E-state index >= 15 is 0 Å². The lowest BCUT2D eigenvalue weighted by atomic mass is 10.1. The molecule has 0 bridgehead atoms. The van der Waals surface area contributed by atoms with Crippen LogP contribution >= 0.6 is 0 Å². The summed E-state index contributed by atoms with van der Waals surface area (Å²) in [4.78, 5) is 24.7. The van der Waals surface area contributed by atoms with Crippen LogP contribution in [0.15, 0.2) is 30.3 Å². The van der Waals surface area contributed by atoms with Gasteiger partial charge in [0.1, 0.15) is 0 Å². The quantitative estimate of drug-likeness (QED) is 0.761. The summed E-state index contributed by atoms with van der Waals surface area (Å²) in [6.45, 7) is 5.14. The number of hydrogen-bond donors (Lipinski definition) is 1. The van der Waals surface area contributed by atoms with Gasteiger partial charge in [0, 0.05) is 19.5 Å². The smallest absolute Gasteiger partial charge is 0.305 e. The zero-order valence-corrected chi connectivity index (χ0v) is 12.9. The van der Waals surface area contributed by atoms with Crippen molar-refractivity contribution in [3.05, 3.63) is 35.9 Å². The molecule has 4 nitrogen and oxygen atoms in total. The van der Waals surface area contributed by atoms with Crippen molar-refractivity contribution in [3.63, 3.8) is 0 Å². The highest BCUT2D eigenvalue weighted by Gasteiger charge is 2.15. The maximum absolute atomic E-state index is 12.3. The lowest BCUT2D eigenvalue weighted by molar-refractivity contribution is -0.138. The van der Waals surface area contributed by atoms with Crippen LogP contribution in [0.3, 0.4) is 0 Å². The van der Waals surface area contributed by atoms with Crippen LogP contribution in [0.2, 0.25) is 0 Å². The Labute approximate surface area is 126 Å². The summed E-state index contributed by atoms with van der Waals surface area (Å²) in [6, 6.07) is 9.88. The summed E-state index contributed by atoms with van der Waals surface area (Å²) in [5, 5.41) is 8.79. The van der Waals surface area contributed by atoms with E-state index in [4.69, 9.17) is 5.11 Å². The van der Waals surface area contributed by atoms with Crippen LogP contribution < -0.4 is 0 Å². The van der Waals surface area contributed by atoms with Crippen LogP contribution in [0.1, 0.15) is 38.7 Å². The number of hydrogen-bond acceptors (Lipinski definition) is 2. The van der Waals surface area contributed by atoms with Gasteiger partial charge in [-0.1, -0.05) is 44.2 Å². The van der Waals surface area contributed by atoms with E-state index < -0.39 is 5.97 Å². The number of carboxylic acids is 1. The second-order valence-corrected chi connectivity index (χ2v) is 5.69. The molecule has 0 unspecified atom stereocenters. The first-order chi connectivity index (χ1) is 9.99. The van der Waals surface area contributed by atoms with Crippen LogP contribution in [0, 0.1) is 5.92 Å². The Kier molecular flexibility index (Phi) is 7.51. The lowest BCUT2D eigenvalue weighted by Gasteiger charge is -2.23. The third kappa shape index (κ3) is 7.49. The highest BCUT2D eigenvalue weighted by Crippen LogP contribution is 2.08. The number of carboxylic acid groups (broad SMARTS) is 1. The molecule has 0 heterocycles. The third-order valence-corrected chi connectivity index (χ3v) is 3.40. The molecule has 1 rings (SSSR count). The Balaban J connectivity index is 2.50. The van der Waals surface area contributed by atoms with Crippen molar-refractivity contribution in [2.75, 3.05) is 13.1 Å². The molecule has 0 aliphatic carbocycles. The maximum atomic E-state index is 12.3. The largest absolute Gasteiger partial charge is 0.481 e. The zero-order valence-electron chi connectivity index (χ0n) is 12.9. The molecule has 0 radical (unpaired) electrons. The van der Waals surface area contributed by atoms with Crippen molar-refractivity contribution in [2.45, 2.75) is 39.5 Å². The number of aryl methyl sites for hydroxylation is 1. The van der Waals surface area contributed by atoms with Gasteiger partial charge in [0.15, 0.2) is 0 Å². The number of aliphatic carboxylic acids is 1. The monoisotopic (exact) mass is 291 g/mol. The van der Waals surface area contributed by atoms with Crippen LogP contribution in [0.25, 0.3) is 0 Å². The number of rotatable bonds is 9. The molecule has 21 heavy (non-hydrogen) atoms. The van der Waals surface area contributed by atoms with E-state index in [2.05, 4.69) is 13.8 Å². The predicted octanol–water partition coefficient (Wildman–Crippen LogP) is 2.97. The summed E-state index contributed by atoms with van der Waals surface area (Å²) in [7, 11) is 0. The normalized spacial score (nSPS) is 10.6. The number of amides is 1. The summed E-state index contributed by atoms with van der Waals surface area (Å²) >= 11 is 0. The van der Waals surface area contributed by atoms with Crippen molar-refractivity contribution < 1.29 is 14.7 Å². The molecule has 1 aromatic carbocycles. The predicted molar refractivity (Wildman–Crippen MR) is 83.1 cm³/mol. The molecule has 0 atom stereocenters. The fraction of sp³-hybridized carbons (Fsp3) is 0.529. The molecule has 0 aliphatic rings. The fourth-order valence-corrected chi connectivity index (χ4v) is 2.06. The van der Waals surface area contributed by atoms with E-state index in [0.717, 1.165) is 12.0 Å². The molecule has 0 saturated heterocycles. The van der Waals surface area contributed by atoms with Crippen molar-refractivity contribution in [2.24, 2.45) is 5.92 Å². The minimum Gasteiger partial charge on any atom is -0.481 e. The molecule has 0 saturated carbocycles. The van der Waals surface area contributed by atoms with Gasteiger partial charge in [0.05, 0.1) is 6.42 Å². The molecule has 4 heteroatoms. The van der Waals surface area contributed by atoms with Crippen molar-refractivity contribution in [3.8, 4) is 0 Å². The molecule has 116 valence electrons. The van der Waals surface area contributed by atoms with E-state index in [9.17, 15) is 9.59 Å². The Morgan fingerprint density at radius 2 is 1.76 bits per heavy atom. The first-order valence-electron chi connectivity index (χ1n) is 7.52. The second kappa shape index (κ2) is 9.16. The van der Waals surface area contributed by atoms with Gasteiger partial charge in [-0.15, -0.1) is 0 Å². The zero-order chi connectivity index (χ0) is 15.7. The molecule has 0 spiro atoms. The third-order valence-electron chi connectivity index (χ3n) is 3.40. The van der Waals surface area contributed by atoms with Crippen LogP contribution in [-0.2, 0) is 16.0 Å². The summed E-state index contributed by atoms with van der Waals surface area (Å²) < 4.78 is 0. The number of carbonyl (C=O) groups is 2. The van der Waals surface area contributed by atoms with Crippen molar-refractivity contribution in [1.82, 2.24) is 4.90 Å². The molecular formula is C17H25NO3. The van der Waals surface area contributed by atoms with Crippen LogP contribution in [0.5, 0.6) is 0 Å². The first kappa shape index (κ1) is 17.2. The van der Waals surface area contributed by atoms with Gasteiger partial charge < -0.3 is 10.0 Å². The van der Waals surface area contributed by atoms with E-state index in [1.807, 2.05) is 30.3 Å². The van der Waals surface area contributed by atoms with Crippen molar-refractivity contribution >= 4 is 11.9 Å². The van der Waals surface area contributed by atoms with Gasteiger partial charge in [-0.2, -0.15) is 0 Å². The molecule has 0 aliphatic heterocycles. The first-order valence-corrected chi connectivity index (χ1v) is 7.52. The van der Waals surface area contributed by atoms with Gasteiger partial charge in [-0.25, -0.2) is 0 Å². The van der Waals surface area contributed by atoms with Gasteiger partial charge in [-0.3, -0.25) is 9.59 Å². The lowest BCUT2D eigenvalue weighted by Crippen LogP contribution is -2.34. The standard InChI is InChI=1S/C17H25NO3/c1-14(2)10-12-18(13-11-17(20)21)16(19)9-8-15-6-4-3-5-7-15/h3-7,14H,8-13H2,1-2H3,(H,20,21). The Morgan fingerprint density at radius 3 is 2.33 bits per heavy atom. The number of nitrogens with zero attached hydrogens (tertiary/aromatic N) is 1. The Bertz CT molecular complexity index is 443. The molecule has 0 fully saturated rings. The minimum atomic E-state index is -0.861. The molecular weight excluding hydrogens is 266 g/mol. The average Bonchev–Trinajstić information content (AvgIpc) is 2.45. The topological polar surface area (TPSA) is 57.6 Å². The van der Waals surface area contributed by atoms with E-state index in [-0.39, 0.29) is 12.3 Å². The van der Waals surface area contributed by atoms with E-state index in [1.165, 1.54) is 0 Å². The maximum Gasteiger partial charge on any atom is 0.305 e. The summed E-state index contributed by atoms with van der Waals surface area (Å²) in [5.74, 6) is -0.319. The minimum absolute atomic E-state index is 0.00910. The highest BCUT2D eigenvalue weighted by atomic mass is 16.4. The number of carbonyl (C=O) groups excluding carboxylic acids is 1. The van der Waals surface area contributed by atoms with Gasteiger partial charge in [0.25, 0.3) is 0 Å². The number of benzene rings is 1. The molecule has 1 aromatic rings. The highest BCUT2D eigenvalue weighted by molar-refractivity contribution is 5.77. The van der Waals surface area contributed by atoms with Crippen molar-refractivity contribution in [1.29, 1.82) is 0 Å². The molecule has 1 N–H and O–H groups in total. The molecule has 1 amide bonds.